The molecule has 36 heavy (non-hydrogen) atoms. The van der Waals surface area contributed by atoms with E-state index in [-0.39, 0.29) is 22.3 Å². The summed E-state index contributed by atoms with van der Waals surface area (Å²) < 4.78 is 25.9. The van der Waals surface area contributed by atoms with Gasteiger partial charge in [0, 0.05) is 35.2 Å². The summed E-state index contributed by atoms with van der Waals surface area (Å²) in [6.45, 7) is 1.85. The second kappa shape index (κ2) is 10.2. The number of allylic oxidation sites excluding steroid dienone is 3. The van der Waals surface area contributed by atoms with Crippen LogP contribution in [0, 0.1) is 5.82 Å². The molecule has 2 atom stereocenters. The molecule has 1 saturated carbocycles. The molecule has 5 rings (SSSR count). The van der Waals surface area contributed by atoms with Gasteiger partial charge in [0.1, 0.15) is 17.7 Å². The van der Waals surface area contributed by atoms with Crippen LogP contribution in [0.1, 0.15) is 68.4 Å². The summed E-state index contributed by atoms with van der Waals surface area (Å²) in [6, 6.07) is 12.4. The Balaban J connectivity index is 1.57. The van der Waals surface area contributed by atoms with E-state index in [0.29, 0.717) is 35.2 Å². The number of benzene rings is 2. The van der Waals surface area contributed by atoms with Gasteiger partial charge in [-0.25, -0.2) is 9.18 Å². The summed E-state index contributed by atoms with van der Waals surface area (Å²) in [6.07, 6.45) is 4.58. The maximum atomic E-state index is 14.1. The number of Topliss-reactive ketones (excluding diaryl/α,β-unsaturated/α-hetero) is 1. The number of hydrogen-bond acceptors (Lipinski definition) is 5. The summed E-state index contributed by atoms with van der Waals surface area (Å²) >= 11 is 3.28. The van der Waals surface area contributed by atoms with Gasteiger partial charge in [-0.15, -0.1) is 0 Å². The van der Waals surface area contributed by atoms with Crippen LogP contribution in [0.5, 0.6) is 5.75 Å². The number of halogens is 2. The molecule has 2 aromatic carbocycles. The Morgan fingerprint density at radius 3 is 2.58 bits per heavy atom. The van der Waals surface area contributed by atoms with Crippen LogP contribution in [0.2, 0.25) is 0 Å². The fourth-order valence-corrected chi connectivity index (χ4v) is 6.18. The third-order valence-corrected chi connectivity index (χ3v) is 8.09. The highest BCUT2D eigenvalue weighted by Crippen LogP contribution is 2.47. The van der Waals surface area contributed by atoms with Gasteiger partial charge in [0.05, 0.1) is 17.2 Å². The molecule has 2 aliphatic carbocycles. The fraction of sp³-hybridized carbons (Fsp3) is 0.379. The summed E-state index contributed by atoms with van der Waals surface area (Å²) in [5, 5.41) is 3.38. The first-order chi connectivity index (χ1) is 17.4. The second-order valence-electron chi connectivity index (χ2n) is 9.74. The molecule has 0 saturated heterocycles. The fourth-order valence-electron chi connectivity index (χ4n) is 5.78. The summed E-state index contributed by atoms with van der Waals surface area (Å²) in [5.74, 6) is -0.781. The molecule has 0 aromatic heterocycles. The molecule has 1 aliphatic heterocycles. The van der Waals surface area contributed by atoms with Gasteiger partial charge in [-0.05, 0) is 84.3 Å². The maximum Gasteiger partial charge on any atom is 0.337 e. The molecule has 5 nitrogen and oxygen atoms in total. The first-order valence-corrected chi connectivity index (χ1v) is 13.2. The van der Waals surface area contributed by atoms with E-state index >= 15 is 0 Å². The molecular weight excluding hydrogens is 525 g/mol. The number of para-hydroxylation sites is 1. The van der Waals surface area contributed by atoms with E-state index in [4.69, 9.17) is 9.47 Å². The van der Waals surface area contributed by atoms with E-state index in [1.807, 2.05) is 31.2 Å². The highest BCUT2D eigenvalue weighted by Gasteiger charge is 2.42. The van der Waals surface area contributed by atoms with Gasteiger partial charge in [0.15, 0.2) is 5.78 Å². The molecule has 7 heteroatoms. The van der Waals surface area contributed by atoms with Crippen LogP contribution in [0.3, 0.4) is 0 Å². The zero-order valence-electron chi connectivity index (χ0n) is 20.4. The van der Waals surface area contributed by atoms with E-state index in [1.165, 1.54) is 6.07 Å². The van der Waals surface area contributed by atoms with Crippen LogP contribution in [0.15, 0.2) is 69.5 Å². The lowest BCUT2D eigenvalue weighted by molar-refractivity contribution is -0.144. The van der Waals surface area contributed by atoms with E-state index in [0.717, 1.165) is 42.7 Å². The molecule has 0 amide bonds. The number of carbonyl (C=O) groups excluding carboxylic acids is 2. The lowest BCUT2D eigenvalue weighted by Crippen LogP contribution is -2.36. The van der Waals surface area contributed by atoms with Crippen LogP contribution in [-0.4, -0.2) is 25.0 Å². The number of ether oxygens (including phenoxy) is 2. The highest BCUT2D eigenvalue weighted by atomic mass is 79.9. The first-order valence-electron chi connectivity index (χ1n) is 12.4. The van der Waals surface area contributed by atoms with Crippen LogP contribution < -0.4 is 10.1 Å². The van der Waals surface area contributed by atoms with E-state index in [1.54, 1.807) is 19.2 Å². The average Bonchev–Trinajstić information content (AvgIpc) is 3.37. The number of hydrogen-bond donors (Lipinski definition) is 1. The standard InChI is InChI=1S/C29H29BrFNO4/c1-16-26(29(34)36-19-7-3-4-8-19)27(17-11-12-22(31)21(30)13-17)28-23(32-16)14-18(15-24(28)33)20-9-5-6-10-25(20)35-2/h5-6,9-13,18-19,27,32H,3-4,7-8,14-15H2,1-2H3/t18-,27+/m0/s1. The van der Waals surface area contributed by atoms with Gasteiger partial charge in [0.2, 0.25) is 0 Å². The predicted octanol–water partition coefficient (Wildman–Crippen LogP) is 6.44. The molecule has 0 spiro atoms. The van der Waals surface area contributed by atoms with E-state index < -0.39 is 17.7 Å². The number of methoxy groups -OCH3 is 1. The lowest BCUT2D eigenvalue weighted by atomic mass is 9.71. The molecule has 0 unspecified atom stereocenters. The van der Waals surface area contributed by atoms with Crippen molar-refractivity contribution in [3.05, 3.63) is 86.4 Å². The SMILES string of the molecule is COc1ccccc1[C@@H]1CC(=O)C2=C(C1)NC(C)=C(C(=O)OC1CCCC1)[C@H]2c1ccc(F)c(Br)c1. The molecular formula is C29H29BrFNO4. The number of esters is 1. The third-order valence-electron chi connectivity index (χ3n) is 7.48. The molecule has 0 radical (unpaired) electrons. The van der Waals surface area contributed by atoms with Gasteiger partial charge >= 0.3 is 5.97 Å². The largest absolute Gasteiger partial charge is 0.496 e. The minimum Gasteiger partial charge on any atom is -0.496 e. The molecule has 188 valence electrons. The van der Waals surface area contributed by atoms with Crippen molar-refractivity contribution in [1.29, 1.82) is 0 Å². The van der Waals surface area contributed by atoms with E-state index in [2.05, 4.69) is 21.2 Å². The quantitative estimate of drug-likeness (QED) is 0.431. The van der Waals surface area contributed by atoms with Crippen molar-refractivity contribution in [2.75, 3.05) is 7.11 Å². The van der Waals surface area contributed by atoms with Crippen molar-refractivity contribution in [3.8, 4) is 5.75 Å². The topological polar surface area (TPSA) is 64.6 Å². The Labute approximate surface area is 218 Å². The lowest BCUT2D eigenvalue weighted by Gasteiger charge is -2.37. The summed E-state index contributed by atoms with van der Waals surface area (Å²) in [7, 11) is 1.63. The molecule has 2 aromatic rings. The molecule has 3 aliphatic rings. The van der Waals surface area contributed by atoms with Crippen LogP contribution in [0.25, 0.3) is 0 Å². The van der Waals surface area contributed by atoms with Crippen molar-refractivity contribution in [1.82, 2.24) is 5.32 Å². The third kappa shape index (κ3) is 4.61. The minimum absolute atomic E-state index is 0.0382. The Morgan fingerprint density at radius 1 is 1.11 bits per heavy atom. The molecule has 0 bridgehead atoms. The number of carbonyl (C=O) groups is 2. The zero-order valence-corrected chi connectivity index (χ0v) is 22.0. The number of rotatable bonds is 5. The summed E-state index contributed by atoms with van der Waals surface area (Å²) in [5.41, 5.74) is 4.10. The zero-order chi connectivity index (χ0) is 25.4. The normalized spacial score (nSPS) is 22.4. The van der Waals surface area contributed by atoms with Crippen molar-refractivity contribution < 1.29 is 23.5 Å². The molecule has 1 heterocycles. The molecule has 1 N–H and O–H groups in total. The summed E-state index contributed by atoms with van der Waals surface area (Å²) in [4.78, 5) is 27.3. The second-order valence-corrected chi connectivity index (χ2v) is 10.6. The van der Waals surface area contributed by atoms with Gasteiger partial charge in [-0.3, -0.25) is 4.79 Å². The Morgan fingerprint density at radius 2 is 1.86 bits per heavy atom. The van der Waals surface area contributed by atoms with Crippen LogP contribution in [-0.2, 0) is 14.3 Å². The Kier molecular flexibility index (Phi) is 7.02. The van der Waals surface area contributed by atoms with Gasteiger partial charge in [-0.1, -0.05) is 24.3 Å². The van der Waals surface area contributed by atoms with Crippen molar-refractivity contribution in [2.24, 2.45) is 0 Å². The Bertz CT molecular complexity index is 1280. The van der Waals surface area contributed by atoms with Crippen LogP contribution >= 0.6 is 15.9 Å². The molecule has 1 fully saturated rings. The van der Waals surface area contributed by atoms with Gasteiger partial charge < -0.3 is 14.8 Å². The Hall–Kier alpha value is -2.93. The van der Waals surface area contributed by atoms with Gasteiger partial charge in [0.25, 0.3) is 0 Å². The van der Waals surface area contributed by atoms with E-state index in [9.17, 15) is 14.0 Å². The number of dihydropyridines is 1. The predicted molar refractivity (Wildman–Crippen MR) is 138 cm³/mol. The van der Waals surface area contributed by atoms with Crippen molar-refractivity contribution in [3.63, 3.8) is 0 Å². The monoisotopic (exact) mass is 553 g/mol. The van der Waals surface area contributed by atoms with Crippen molar-refractivity contribution >= 4 is 27.7 Å². The smallest absolute Gasteiger partial charge is 0.337 e. The number of nitrogens with one attached hydrogen (secondary N) is 1. The van der Waals surface area contributed by atoms with Crippen molar-refractivity contribution in [2.45, 2.75) is 63.4 Å². The highest BCUT2D eigenvalue weighted by molar-refractivity contribution is 9.10. The van der Waals surface area contributed by atoms with Gasteiger partial charge in [-0.2, -0.15) is 0 Å². The first kappa shape index (κ1) is 24.8. The maximum absolute atomic E-state index is 14.1. The number of ketones is 1. The average molecular weight is 554 g/mol. The van der Waals surface area contributed by atoms with Crippen LogP contribution in [0.4, 0.5) is 4.39 Å². The minimum atomic E-state index is -0.627.